The van der Waals surface area contributed by atoms with Gasteiger partial charge < -0.3 is 21.1 Å². The van der Waals surface area contributed by atoms with E-state index in [0.717, 1.165) is 19.3 Å². The molecule has 0 atom stereocenters. The van der Waals surface area contributed by atoms with Crippen LogP contribution in [0, 0.1) is 17.2 Å². The van der Waals surface area contributed by atoms with Gasteiger partial charge in [-0.25, -0.2) is 9.79 Å². The zero-order valence-electron chi connectivity index (χ0n) is 18.7. The fourth-order valence-electron chi connectivity index (χ4n) is 3.09. The average Bonchev–Trinajstić information content (AvgIpc) is 2.71. The fourth-order valence-corrected chi connectivity index (χ4v) is 3.09. The number of nitrogens with one attached hydrogen (secondary N) is 4. The van der Waals surface area contributed by atoms with Crippen molar-refractivity contribution in [3.05, 3.63) is 48.0 Å². The highest BCUT2D eigenvalue weighted by Gasteiger charge is 2.25. The zero-order chi connectivity index (χ0) is 23.8. The molecule has 3 amide bonds. The van der Waals surface area contributed by atoms with Crippen LogP contribution in [-0.4, -0.2) is 35.5 Å². The lowest BCUT2D eigenvalue weighted by Crippen LogP contribution is -2.29. The number of nitrogens with zero attached hydrogens (tertiary/aromatic N) is 2. The summed E-state index contributed by atoms with van der Waals surface area (Å²) in [5, 5.41) is 30.2. The Kier molecular flexibility index (Phi) is 7.64. The maximum Gasteiger partial charge on any atom is 0.324 e. The Bertz CT molecular complexity index is 1080. The minimum atomic E-state index is -0.936. The standard InChI is InChI=1S/C24H28N6O3/c1-24(2,33)14-26-20-10-9-19(29-22(31)17-6-4-7-17)12-21(20)27-15-28-23(32)30-18-8-3-5-16(11-18)13-25/h3,5,8-12,15,17,26,33H,4,6-7,14H2,1-2H3,(H,29,31)(H2,27,28,30,32). The molecule has 9 heteroatoms. The number of amides is 3. The van der Waals surface area contributed by atoms with E-state index in [1.54, 1.807) is 56.3 Å². The number of aliphatic hydroxyl groups is 1. The summed E-state index contributed by atoms with van der Waals surface area (Å²) >= 11 is 0. The molecule has 1 fully saturated rings. The summed E-state index contributed by atoms with van der Waals surface area (Å²) < 4.78 is 0. The summed E-state index contributed by atoms with van der Waals surface area (Å²) in [6.45, 7) is 3.65. The van der Waals surface area contributed by atoms with Crippen LogP contribution in [-0.2, 0) is 4.79 Å². The molecule has 1 aliphatic carbocycles. The normalized spacial score (nSPS) is 13.6. The molecule has 0 heterocycles. The predicted molar refractivity (Wildman–Crippen MR) is 129 cm³/mol. The Labute approximate surface area is 192 Å². The number of aliphatic imine (C=N–C) groups is 1. The first kappa shape index (κ1) is 23.8. The first-order valence-corrected chi connectivity index (χ1v) is 10.7. The van der Waals surface area contributed by atoms with Crippen LogP contribution in [0.25, 0.3) is 0 Å². The van der Waals surface area contributed by atoms with Gasteiger partial charge in [-0.15, -0.1) is 0 Å². The topological polar surface area (TPSA) is 139 Å². The molecule has 33 heavy (non-hydrogen) atoms. The molecule has 5 N–H and O–H groups in total. The second kappa shape index (κ2) is 10.6. The average molecular weight is 449 g/mol. The second-order valence-corrected chi connectivity index (χ2v) is 8.56. The van der Waals surface area contributed by atoms with Crippen molar-refractivity contribution in [1.29, 1.82) is 5.26 Å². The number of nitriles is 1. The van der Waals surface area contributed by atoms with Crippen molar-refractivity contribution < 1.29 is 14.7 Å². The number of hydrogen-bond donors (Lipinski definition) is 5. The van der Waals surface area contributed by atoms with Gasteiger partial charge in [0.1, 0.15) is 0 Å². The van der Waals surface area contributed by atoms with Gasteiger partial charge in [-0.05, 0) is 63.1 Å². The third-order valence-corrected chi connectivity index (χ3v) is 5.10. The molecular formula is C24H28N6O3. The molecule has 0 spiro atoms. The van der Waals surface area contributed by atoms with Gasteiger partial charge in [-0.2, -0.15) is 5.26 Å². The van der Waals surface area contributed by atoms with Crippen molar-refractivity contribution in [1.82, 2.24) is 5.32 Å². The van der Waals surface area contributed by atoms with E-state index in [0.29, 0.717) is 28.3 Å². The summed E-state index contributed by atoms with van der Waals surface area (Å²) in [6, 6.07) is 13.3. The monoisotopic (exact) mass is 448 g/mol. The molecule has 0 bridgehead atoms. The second-order valence-electron chi connectivity index (χ2n) is 8.56. The highest BCUT2D eigenvalue weighted by molar-refractivity contribution is 5.97. The number of anilines is 3. The van der Waals surface area contributed by atoms with E-state index in [1.165, 1.54) is 6.34 Å². The van der Waals surface area contributed by atoms with E-state index in [4.69, 9.17) is 5.26 Å². The fraction of sp³-hybridized carbons (Fsp3) is 0.333. The van der Waals surface area contributed by atoms with Crippen LogP contribution in [0.15, 0.2) is 47.5 Å². The van der Waals surface area contributed by atoms with Gasteiger partial charge in [0.2, 0.25) is 5.91 Å². The molecular weight excluding hydrogens is 420 g/mol. The van der Waals surface area contributed by atoms with Crippen molar-refractivity contribution in [2.75, 3.05) is 22.5 Å². The lowest BCUT2D eigenvalue weighted by molar-refractivity contribution is -0.122. The zero-order valence-corrected chi connectivity index (χ0v) is 18.7. The summed E-state index contributed by atoms with van der Waals surface area (Å²) in [4.78, 5) is 28.8. The molecule has 3 rings (SSSR count). The van der Waals surface area contributed by atoms with Crippen LogP contribution in [0.5, 0.6) is 0 Å². The van der Waals surface area contributed by atoms with E-state index in [-0.39, 0.29) is 18.4 Å². The van der Waals surface area contributed by atoms with Crippen LogP contribution >= 0.6 is 0 Å². The summed E-state index contributed by atoms with van der Waals surface area (Å²) in [6.07, 6.45) is 4.12. The number of rotatable bonds is 8. The maximum absolute atomic E-state index is 12.3. The van der Waals surface area contributed by atoms with E-state index >= 15 is 0 Å². The van der Waals surface area contributed by atoms with Gasteiger partial charge in [0, 0.05) is 23.8 Å². The van der Waals surface area contributed by atoms with Gasteiger partial charge >= 0.3 is 6.03 Å². The summed E-state index contributed by atoms with van der Waals surface area (Å²) in [5.41, 5.74) is 1.70. The van der Waals surface area contributed by atoms with E-state index in [2.05, 4.69) is 26.3 Å². The van der Waals surface area contributed by atoms with Crippen LogP contribution in [0.4, 0.5) is 27.5 Å². The smallest absolute Gasteiger partial charge is 0.324 e. The van der Waals surface area contributed by atoms with Crippen molar-refractivity contribution in [3.8, 4) is 6.07 Å². The Morgan fingerprint density at radius 1 is 1.18 bits per heavy atom. The Balaban J connectivity index is 1.69. The number of carbonyl (C=O) groups is 2. The lowest BCUT2D eigenvalue weighted by Gasteiger charge is -2.24. The molecule has 1 aliphatic rings. The van der Waals surface area contributed by atoms with Gasteiger partial charge in [-0.1, -0.05) is 12.5 Å². The van der Waals surface area contributed by atoms with Crippen molar-refractivity contribution >= 4 is 41.0 Å². The predicted octanol–water partition coefficient (Wildman–Crippen LogP) is 3.96. The molecule has 9 nitrogen and oxygen atoms in total. The molecule has 0 unspecified atom stereocenters. The van der Waals surface area contributed by atoms with E-state index < -0.39 is 11.6 Å². The third-order valence-electron chi connectivity index (χ3n) is 5.10. The molecule has 2 aromatic carbocycles. The largest absolute Gasteiger partial charge is 0.389 e. The Morgan fingerprint density at radius 2 is 1.94 bits per heavy atom. The summed E-state index contributed by atoms with van der Waals surface area (Å²) in [5.74, 6) is 0.0420. The highest BCUT2D eigenvalue weighted by Crippen LogP contribution is 2.31. The Hall–Kier alpha value is -3.90. The first-order valence-electron chi connectivity index (χ1n) is 10.7. The minimum absolute atomic E-state index is 0.00881. The SMILES string of the molecule is CC(C)(O)CNc1ccc(NC(=O)C2CCC2)cc1N=CNC(=O)Nc1cccc(C#N)c1. The van der Waals surface area contributed by atoms with E-state index in [1.807, 2.05) is 6.07 Å². The van der Waals surface area contributed by atoms with Gasteiger partial charge in [0.25, 0.3) is 0 Å². The van der Waals surface area contributed by atoms with E-state index in [9.17, 15) is 14.7 Å². The van der Waals surface area contributed by atoms with Gasteiger partial charge in [0.05, 0.1) is 34.9 Å². The Morgan fingerprint density at radius 3 is 2.61 bits per heavy atom. The molecule has 0 radical (unpaired) electrons. The van der Waals surface area contributed by atoms with Crippen LogP contribution < -0.4 is 21.3 Å². The molecule has 0 saturated heterocycles. The molecule has 0 aliphatic heterocycles. The van der Waals surface area contributed by atoms with Gasteiger partial charge in [0.15, 0.2) is 0 Å². The van der Waals surface area contributed by atoms with Gasteiger partial charge in [-0.3, -0.25) is 10.1 Å². The summed E-state index contributed by atoms with van der Waals surface area (Å²) in [7, 11) is 0. The minimum Gasteiger partial charge on any atom is -0.389 e. The van der Waals surface area contributed by atoms with Crippen LogP contribution in [0.1, 0.15) is 38.7 Å². The third kappa shape index (κ3) is 7.33. The van der Waals surface area contributed by atoms with Crippen molar-refractivity contribution in [3.63, 3.8) is 0 Å². The molecule has 1 saturated carbocycles. The first-order chi connectivity index (χ1) is 15.7. The number of carbonyl (C=O) groups excluding carboxylic acids is 2. The van der Waals surface area contributed by atoms with Crippen LogP contribution in [0.3, 0.4) is 0 Å². The maximum atomic E-state index is 12.3. The lowest BCUT2D eigenvalue weighted by atomic mass is 9.85. The number of hydrogen-bond acceptors (Lipinski definition) is 6. The highest BCUT2D eigenvalue weighted by atomic mass is 16.3. The van der Waals surface area contributed by atoms with Crippen molar-refractivity contribution in [2.24, 2.45) is 10.9 Å². The molecule has 0 aromatic heterocycles. The molecule has 172 valence electrons. The van der Waals surface area contributed by atoms with Crippen molar-refractivity contribution in [2.45, 2.75) is 38.7 Å². The van der Waals surface area contributed by atoms with Crippen LogP contribution in [0.2, 0.25) is 0 Å². The number of benzene rings is 2. The quantitative estimate of drug-likeness (QED) is 0.307. The molecule has 2 aromatic rings. The number of urea groups is 1.